The molecule has 0 aliphatic rings. The summed E-state index contributed by atoms with van der Waals surface area (Å²) >= 11 is 0. The lowest BCUT2D eigenvalue weighted by Crippen LogP contribution is -2.05. The molecule has 0 radical (unpaired) electrons. The van der Waals surface area contributed by atoms with Crippen molar-refractivity contribution in [1.29, 1.82) is 0 Å². The maximum Gasteiger partial charge on any atom is 0.127 e. The first-order valence-corrected chi connectivity index (χ1v) is 7.60. The minimum atomic E-state index is 0.548. The molecular weight excluding hydrogens is 272 g/mol. The van der Waals surface area contributed by atoms with Crippen LogP contribution in [0.2, 0.25) is 0 Å². The summed E-state index contributed by atoms with van der Waals surface area (Å²) in [4.78, 5) is 7.44. The fraction of sp³-hybridized carbons (Fsp3) is 0.211. The molecule has 22 heavy (non-hydrogen) atoms. The molecule has 0 bridgehead atoms. The van der Waals surface area contributed by atoms with E-state index in [0.29, 0.717) is 5.92 Å². The number of ether oxygens (including phenoxy) is 1. The predicted molar refractivity (Wildman–Crippen MR) is 88.1 cm³/mol. The Labute approximate surface area is 131 Å². The van der Waals surface area contributed by atoms with Crippen LogP contribution in [0.5, 0.6) is 11.5 Å². The second-order valence-electron chi connectivity index (χ2n) is 5.61. The summed E-state index contributed by atoms with van der Waals surface area (Å²) in [6.07, 6.45) is 5.68. The molecule has 0 saturated heterocycles. The number of benzene rings is 2. The second kappa shape index (κ2) is 6.94. The van der Waals surface area contributed by atoms with Crippen molar-refractivity contribution in [1.82, 2.24) is 9.97 Å². The number of para-hydroxylation sites is 1. The number of hydrogen-bond donors (Lipinski definition) is 1. The smallest absolute Gasteiger partial charge is 0.127 e. The fourth-order valence-corrected chi connectivity index (χ4v) is 2.53. The molecule has 0 aliphatic carbocycles. The first-order valence-electron chi connectivity index (χ1n) is 7.60. The Morgan fingerprint density at radius 1 is 0.955 bits per heavy atom. The summed E-state index contributed by atoms with van der Waals surface area (Å²) < 4.78 is 5.81. The Kier molecular flexibility index (Phi) is 4.54. The molecule has 0 aliphatic heterocycles. The zero-order valence-corrected chi connectivity index (χ0v) is 12.7. The van der Waals surface area contributed by atoms with Crippen LogP contribution in [-0.4, -0.2) is 9.97 Å². The molecule has 3 rings (SSSR count). The van der Waals surface area contributed by atoms with Crippen molar-refractivity contribution in [3.8, 4) is 11.5 Å². The lowest BCUT2D eigenvalue weighted by atomic mass is 9.98. The highest BCUT2D eigenvalue weighted by molar-refractivity contribution is 5.33. The molecule has 0 saturated carbocycles. The van der Waals surface area contributed by atoms with Gasteiger partial charge in [-0.05, 0) is 42.2 Å². The van der Waals surface area contributed by atoms with Crippen molar-refractivity contribution in [2.24, 2.45) is 5.92 Å². The normalized spacial score (nSPS) is 12.0. The summed E-state index contributed by atoms with van der Waals surface area (Å²) in [6, 6.07) is 18.2. The largest absolute Gasteiger partial charge is 0.457 e. The number of nitrogens with zero attached hydrogens (tertiary/aromatic N) is 1. The standard InChI is InChI=1S/C19H20N2O/c1-15(14-19-20-11-12-21-19)13-16-7-9-18(10-8-16)22-17-5-3-2-4-6-17/h2-12,15H,13-14H2,1H3,(H,20,21). The molecule has 0 amide bonds. The van der Waals surface area contributed by atoms with Gasteiger partial charge in [-0.25, -0.2) is 4.98 Å². The minimum absolute atomic E-state index is 0.548. The van der Waals surface area contributed by atoms with Gasteiger partial charge in [-0.1, -0.05) is 37.3 Å². The predicted octanol–water partition coefficient (Wildman–Crippen LogP) is 4.62. The van der Waals surface area contributed by atoms with Crippen molar-refractivity contribution in [2.45, 2.75) is 19.8 Å². The number of hydrogen-bond acceptors (Lipinski definition) is 2. The van der Waals surface area contributed by atoms with Crippen molar-refractivity contribution >= 4 is 0 Å². The van der Waals surface area contributed by atoms with Gasteiger partial charge in [-0.3, -0.25) is 0 Å². The second-order valence-corrected chi connectivity index (χ2v) is 5.61. The van der Waals surface area contributed by atoms with E-state index in [1.54, 1.807) is 6.20 Å². The minimum Gasteiger partial charge on any atom is -0.457 e. The van der Waals surface area contributed by atoms with Crippen LogP contribution in [0.1, 0.15) is 18.3 Å². The summed E-state index contributed by atoms with van der Waals surface area (Å²) in [5.74, 6) is 3.33. The molecule has 1 aromatic heterocycles. The van der Waals surface area contributed by atoms with Gasteiger partial charge in [0.1, 0.15) is 17.3 Å². The van der Waals surface area contributed by atoms with E-state index in [-0.39, 0.29) is 0 Å². The van der Waals surface area contributed by atoms with E-state index in [1.165, 1.54) is 5.56 Å². The van der Waals surface area contributed by atoms with Gasteiger partial charge < -0.3 is 9.72 Å². The average Bonchev–Trinajstić information content (AvgIpc) is 3.03. The Morgan fingerprint density at radius 3 is 2.36 bits per heavy atom. The first-order chi connectivity index (χ1) is 10.8. The van der Waals surface area contributed by atoms with Crippen LogP contribution in [0.15, 0.2) is 67.0 Å². The Hall–Kier alpha value is -2.55. The highest BCUT2D eigenvalue weighted by Gasteiger charge is 2.07. The zero-order chi connectivity index (χ0) is 15.2. The van der Waals surface area contributed by atoms with Gasteiger partial charge in [0.2, 0.25) is 0 Å². The number of aromatic nitrogens is 2. The van der Waals surface area contributed by atoms with Crippen LogP contribution in [0, 0.1) is 5.92 Å². The van der Waals surface area contributed by atoms with Crippen molar-refractivity contribution in [2.75, 3.05) is 0 Å². The molecule has 0 spiro atoms. The molecule has 0 fully saturated rings. The van der Waals surface area contributed by atoms with E-state index in [0.717, 1.165) is 30.2 Å². The summed E-state index contributed by atoms with van der Waals surface area (Å²) in [5, 5.41) is 0. The van der Waals surface area contributed by atoms with Crippen LogP contribution in [0.4, 0.5) is 0 Å². The monoisotopic (exact) mass is 292 g/mol. The van der Waals surface area contributed by atoms with Gasteiger partial charge in [-0.15, -0.1) is 0 Å². The van der Waals surface area contributed by atoms with Crippen LogP contribution in [-0.2, 0) is 12.8 Å². The highest BCUT2D eigenvalue weighted by atomic mass is 16.5. The molecule has 2 aromatic carbocycles. The van der Waals surface area contributed by atoms with E-state index in [4.69, 9.17) is 4.74 Å². The molecule has 112 valence electrons. The van der Waals surface area contributed by atoms with Gasteiger partial charge in [0.25, 0.3) is 0 Å². The molecule has 3 nitrogen and oxygen atoms in total. The van der Waals surface area contributed by atoms with Gasteiger partial charge in [0.15, 0.2) is 0 Å². The van der Waals surface area contributed by atoms with E-state index >= 15 is 0 Å². The molecular formula is C19H20N2O. The molecule has 1 N–H and O–H groups in total. The van der Waals surface area contributed by atoms with Crippen LogP contribution in [0.3, 0.4) is 0 Å². The van der Waals surface area contributed by atoms with E-state index in [9.17, 15) is 0 Å². The summed E-state index contributed by atoms with van der Waals surface area (Å²) in [7, 11) is 0. The lowest BCUT2D eigenvalue weighted by molar-refractivity contribution is 0.482. The summed E-state index contributed by atoms with van der Waals surface area (Å²) in [6.45, 7) is 2.25. The maximum absolute atomic E-state index is 5.81. The van der Waals surface area contributed by atoms with E-state index in [2.05, 4.69) is 29.0 Å². The van der Waals surface area contributed by atoms with Crippen LogP contribution < -0.4 is 4.74 Å². The Morgan fingerprint density at radius 2 is 1.68 bits per heavy atom. The van der Waals surface area contributed by atoms with Crippen molar-refractivity contribution in [3.05, 3.63) is 78.4 Å². The Balaban J connectivity index is 1.57. The van der Waals surface area contributed by atoms with Gasteiger partial charge in [0.05, 0.1) is 0 Å². The van der Waals surface area contributed by atoms with Gasteiger partial charge >= 0.3 is 0 Å². The van der Waals surface area contributed by atoms with Gasteiger partial charge in [-0.2, -0.15) is 0 Å². The van der Waals surface area contributed by atoms with Crippen LogP contribution in [0.25, 0.3) is 0 Å². The summed E-state index contributed by atoms with van der Waals surface area (Å²) in [5.41, 5.74) is 1.32. The first kappa shape index (κ1) is 14.4. The quantitative estimate of drug-likeness (QED) is 0.719. The third-order valence-electron chi connectivity index (χ3n) is 3.58. The van der Waals surface area contributed by atoms with Crippen molar-refractivity contribution < 1.29 is 4.74 Å². The van der Waals surface area contributed by atoms with E-state index in [1.807, 2.05) is 48.7 Å². The average molecular weight is 292 g/mol. The Bertz CT molecular complexity index is 675. The molecule has 3 aromatic rings. The number of H-pyrrole nitrogens is 1. The number of aromatic amines is 1. The third-order valence-corrected chi connectivity index (χ3v) is 3.58. The fourth-order valence-electron chi connectivity index (χ4n) is 2.53. The molecule has 3 heteroatoms. The topological polar surface area (TPSA) is 37.9 Å². The van der Waals surface area contributed by atoms with Gasteiger partial charge in [0, 0.05) is 18.8 Å². The third kappa shape index (κ3) is 3.98. The maximum atomic E-state index is 5.81. The number of rotatable bonds is 6. The number of imidazole rings is 1. The molecule has 1 unspecified atom stereocenters. The molecule has 1 atom stereocenters. The SMILES string of the molecule is CC(Cc1ccc(Oc2ccccc2)cc1)Cc1ncc[nH]1. The molecule has 1 heterocycles. The lowest BCUT2D eigenvalue weighted by Gasteiger charge is -2.11. The van der Waals surface area contributed by atoms with E-state index < -0.39 is 0 Å². The zero-order valence-electron chi connectivity index (χ0n) is 12.7. The van der Waals surface area contributed by atoms with Crippen LogP contribution >= 0.6 is 0 Å². The van der Waals surface area contributed by atoms with Crippen molar-refractivity contribution in [3.63, 3.8) is 0 Å². The number of nitrogens with one attached hydrogen (secondary N) is 1. The highest BCUT2D eigenvalue weighted by Crippen LogP contribution is 2.22.